The first-order valence-corrected chi connectivity index (χ1v) is 6.53. The first-order chi connectivity index (χ1) is 8.49. The van der Waals surface area contributed by atoms with Crippen molar-refractivity contribution >= 4 is 23.2 Å². The van der Waals surface area contributed by atoms with Gasteiger partial charge in [0.15, 0.2) is 0 Å². The smallest absolute Gasteiger partial charge is 0.0438 e. The van der Waals surface area contributed by atoms with E-state index in [1.54, 1.807) is 0 Å². The molecular weight excluding hydrogens is 265 g/mol. The van der Waals surface area contributed by atoms with Gasteiger partial charge in [-0.15, -0.1) is 0 Å². The molecule has 94 valence electrons. The van der Waals surface area contributed by atoms with Gasteiger partial charge in [0.1, 0.15) is 0 Å². The van der Waals surface area contributed by atoms with Crippen LogP contribution in [0.5, 0.6) is 0 Å². The minimum absolute atomic E-state index is 0.490. The van der Waals surface area contributed by atoms with E-state index >= 15 is 0 Å². The molecule has 0 aromatic heterocycles. The Bertz CT molecular complexity index is 550. The zero-order valence-corrected chi connectivity index (χ0v) is 11.7. The van der Waals surface area contributed by atoms with Crippen LogP contribution < -0.4 is 5.73 Å². The fraction of sp³-hybridized carbons (Fsp3) is 0.200. The zero-order chi connectivity index (χ0) is 13.2. The topological polar surface area (TPSA) is 26.0 Å². The van der Waals surface area contributed by atoms with E-state index in [4.69, 9.17) is 28.9 Å². The summed E-state index contributed by atoms with van der Waals surface area (Å²) in [6.07, 6.45) is 0.674. The average molecular weight is 280 g/mol. The lowest BCUT2D eigenvalue weighted by Gasteiger charge is -2.26. The summed E-state index contributed by atoms with van der Waals surface area (Å²) in [6.45, 7) is 1.99. The highest BCUT2D eigenvalue weighted by Crippen LogP contribution is 2.27. The van der Waals surface area contributed by atoms with Crippen LogP contribution in [0.4, 0.5) is 0 Å². The molecule has 0 saturated carbocycles. The largest absolute Gasteiger partial charge is 0.321 e. The van der Waals surface area contributed by atoms with Crippen LogP contribution in [0.15, 0.2) is 48.5 Å². The van der Waals surface area contributed by atoms with E-state index in [-0.39, 0.29) is 0 Å². The second kappa shape index (κ2) is 5.31. The summed E-state index contributed by atoms with van der Waals surface area (Å²) in [5.74, 6) is 0. The molecule has 0 amide bonds. The number of nitrogens with two attached hydrogens (primary N) is 1. The third-order valence-electron chi connectivity index (χ3n) is 3.00. The van der Waals surface area contributed by atoms with Crippen molar-refractivity contribution in [1.82, 2.24) is 0 Å². The normalized spacial score (nSPS) is 14.2. The van der Waals surface area contributed by atoms with Crippen LogP contribution in [-0.4, -0.2) is 0 Å². The molecule has 0 heterocycles. The van der Waals surface area contributed by atoms with E-state index in [0.717, 1.165) is 16.1 Å². The highest BCUT2D eigenvalue weighted by atomic mass is 35.5. The van der Waals surface area contributed by atoms with Crippen LogP contribution in [0.1, 0.15) is 18.1 Å². The minimum Gasteiger partial charge on any atom is -0.321 e. The van der Waals surface area contributed by atoms with E-state index in [1.165, 1.54) is 0 Å². The van der Waals surface area contributed by atoms with Crippen LogP contribution in [0, 0.1) is 0 Å². The number of hydrogen-bond donors (Lipinski definition) is 1. The standard InChI is InChI=1S/C15H15Cl2N/c1-15(18,12-6-4-7-13(16)9-12)10-11-5-2-3-8-14(11)17/h2-9H,10,18H2,1H3. The third kappa shape index (κ3) is 3.05. The Balaban J connectivity index is 2.30. The van der Waals surface area contributed by atoms with Gasteiger partial charge in [0.2, 0.25) is 0 Å². The number of hydrogen-bond acceptors (Lipinski definition) is 1. The molecular formula is C15H15Cl2N. The summed E-state index contributed by atoms with van der Waals surface area (Å²) in [4.78, 5) is 0. The third-order valence-corrected chi connectivity index (χ3v) is 3.60. The van der Waals surface area contributed by atoms with Gasteiger partial charge in [0, 0.05) is 15.6 Å². The van der Waals surface area contributed by atoms with Crippen LogP contribution in [0.25, 0.3) is 0 Å². The molecule has 0 radical (unpaired) electrons. The molecule has 0 aliphatic rings. The fourth-order valence-electron chi connectivity index (χ4n) is 1.98. The predicted molar refractivity (Wildman–Crippen MR) is 78.1 cm³/mol. The van der Waals surface area contributed by atoms with Gasteiger partial charge in [-0.2, -0.15) is 0 Å². The van der Waals surface area contributed by atoms with Gasteiger partial charge in [-0.05, 0) is 42.7 Å². The van der Waals surface area contributed by atoms with Gasteiger partial charge in [-0.1, -0.05) is 53.5 Å². The molecule has 2 rings (SSSR count). The van der Waals surface area contributed by atoms with E-state index < -0.39 is 5.54 Å². The summed E-state index contributed by atoms with van der Waals surface area (Å²) in [5, 5.41) is 1.44. The Morgan fingerprint density at radius 3 is 2.44 bits per heavy atom. The number of rotatable bonds is 3. The van der Waals surface area contributed by atoms with Crippen LogP contribution in [0.2, 0.25) is 10.0 Å². The number of benzene rings is 2. The molecule has 2 N–H and O–H groups in total. The van der Waals surface area contributed by atoms with Gasteiger partial charge < -0.3 is 5.73 Å². The van der Waals surface area contributed by atoms with E-state index in [9.17, 15) is 0 Å². The van der Waals surface area contributed by atoms with Crippen LogP contribution >= 0.6 is 23.2 Å². The molecule has 18 heavy (non-hydrogen) atoms. The molecule has 1 nitrogen and oxygen atoms in total. The summed E-state index contributed by atoms with van der Waals surface area (Å²) in [6, 6.07) is 15.4. The van der Waals surface area contributed by atoms with Crippen LogP contribution in [-0.2, 0) is 12.0 Å². The highest BCUT2D eigenvalue weighted by molar-refractivity contribution is 6.31. The van der Waals surface area contributed by atoms with Gasteiger partial charge >= 0.3 is 0 Å². The highest BCUT2D eigenvalue weighted by Gasteiger charge is 2.22. The summed E-state index contributed by atoms with van der Waals surface area (Å²) in [7, 11) is 0. The van der Waals surface area contributed by atoms with Crippen molar-refractivity contribution in [1.29, 1.82) is 0 Å². The van der Waals surface area contributed by atoms with Crippen molar-refractivity contribution in [2.24, 2.45) is 5.73 Å². The summed E-state index contributed by atoms with van der Waals surface area (Å²) >= 11 is 12.2. The molecule has 0 aliphatic heterocycles. The molecule has 1 unspecified atom stereocenters. The molecule has 0 spiro atoms. The lowest BCUT2D eigenvalue weighted by molar-refractivity contribution is 0.491. The van der Waals surface area contributed by atoms with Gasteiger partial charge in [-0.25, -0.2) is 0 Å². The molecule has 2 aromatic carbocycles. The number of halogens is 2. The fourth-order valence-corrected chi connectivity index (χ4v) is 2.38. The van der Waals surface area contributed by atoms with Crippen molar-refractivity contribution < 1.29 is 0 Å². The molecule has 2 aromatic rings. The van der Waals surface area contributed by atoms with Crippen molar-refractivity contribution in [3.05, 3.63) is 69.7 Å². The maximum absolute atomic E-state index is 6.39. The first kappa shape index (κ1) is 13.4. The lowest BCUT2D eigenvalue weighted by atomic mass is 9.86. The predicted octanol–water partition coefficient (Wildman–Crippen LogP) is 4.41. The Morgan fingerprint density at radius 1 is 1.06 bits per heavy atom. The van der Waals surface area contributed by atoms with Crippen molar-refractivity contribution in [3.8, 4) is 0 Å². The van der Waals surface area contributed by atoms with Gasteiger partial charge in [-0.3, -0.25) is 0 Å². The minimum atomic E-state index is -0.490. The monoisotopic (exact) mass is 279 g/mol. The van der Waals surface area contributed by atoms with Crippen molar-refractivity contribution in [2.45, 2.75) is 18.9 Å². The van der Waals surface area contributed by atoms with Gasteiger partial charge in [0.25, 0.3) is 0 Å². The van der Waals surface area contributed by atoms with E-state index in [1.807, 2.05) is 55.5 Å². The summed E-state index contributed by atoms with van der Waals surface area (Å²) < 4.78 is 0. The Morgan fingerprint density at radius 2 is 1.78 bits per heavy atom. The zero-order valence-electron chi connectivity index (χ0n) is 10.2. The molecule has 3 heteroatoms. The van der Waals surface area contributed by atoms with E-state index in [0.29, 0.717) is 11.4 Å². The Kier molecular flexibility index (Phi) is 3.96. The van der Waals surface area contributed by atoms with Gasteiger partial charge in [0.05, 0.1) is 0 Å². The first-order valence-electron chi connectivity index (χ1n) is 5.77. The maximum atomic E-state index is 6.39. The Hall–Kier alpha value is -1.02. The quantitative estimate of drug-likeness (QED) is 0.885. The van der Waals surface area contributed by atoms with Crippen molar-refractivity contribution in [2.75, 3.05) is 0 Å². The maximum Gasteiger partial charge on any atom is 0.0438 e. The molecule has 0 saturated heterocycles. The molecule has 0 bridgehead atoms. The second-order valence-corrected chi connectivity index (χ2v) is 5.54. The van der Waals surface area contributed by atoms with E-state index in [2.05, 4.69) is 0 Å². The summed E-state index contributed by atoms with van der Waals surface area (Å²) in [5.41, 5.74) is 7.96. The average Bonchev–Trinajstić information content (AvgIpc) is 2.32. The Labute approximate surface area is 118 Å². The SMILES string of the molecule is CC(N)(Cc1ccccc1Cl)c1cccc(Cl)c1. The molecule has 0 fully saturated rings. The lowest BCUT2D eigenvalue weighted by Crippen LogP contribution is -2.35. The van der Waals surface area contributed by atoms with Crippen LogP contribution in [0.3, 0.4) is 0 Å². The second-order valence-electron chi connectivity index (χ2n) is 4.70. The molecule has 0 aliphatic carbocycles. The molecule has 1 atom stereocenters. The van der Waals surface area contributed by atoms with Crippen molar-refractivity contribution in [3.63, 3.8) is 0 Å².